The fraction of sp³-hybridized carbons (Fsp3) is 0.342. The minimum absolute atomic E-state index is 0.0456. The van der Waals surface area contributed by atoms with Crippen LogP contribution in [0.2, 0.25) is 0 Å². The molecule has 0 fully saturated rings. The number of hydrogen-bond acceptors (Lipinski definition) is 7. The van der Waals surface area contributed by atoms with Crippen molar-refractivity contribution in [1.29, 1.82) is 0 Å². The standard InChI is InChI=1S/C38H43N5O6/c1-3-4-5-6-7-8-9-10-11-14-24-42(38(48)43-40-30-23-20-26(37(46)47)25-32(30)41-43)33-18-15-16-28-27(33)21-22-29(35(28)44)36(45)39-31-17-12-13-19-34(31)49-2/h12-13,15-23,25,44H,3-11,14,24H2,1-2H3,(H,39,45)(H,46,47). The van der Waals surface area contributed by atoms with Crippen molar-refractivity contribution in [3.63, 3.8) is 0 Å². The Hall–Kier alpha value is -5.45. The molecule has 0 atom stereocenters. The van der Waals surface area contributed by atoms with Crippen LogP contribution in [-0.2, 0) is 0 Å². The van der Waals surface area contributed by atoms with Crippen molar-refractivity contribution in [1.82, 2.24) is 15.0 Å². The Labute approximate surface area is 285 Å². The number of phenolic OH excluding ortho intramolecular Hbond substituents is 1. The lowest BCUT2D eigenvalue weighted by atomic mass is 10.0. The monoisotopic (exact) mass is 665 g/mol. The molecule has 0 spiro atoms. The highest BCUT2D eigenvalue weighted by atomic mass is 16.5. The topological polar surface area (TPSA) is 147 Å². The number of aromatic hydroxyl groups is 1. The van der Waals surface area contributed by atoms with Crippen LogP contribution < -0.4 is 15.0 Å². The Morgan fingerprint density at radius 2 is 1.49 bits per heavy atom. The molecule has 1 heterocycles. The number of methoxy groups -OCH3 is 1. The van der Waals surface area contributed by atoms with Gasteiger partial charge in [0.1, 0.15) is 22.5 Å². The molecule has 256 valence electrons. The number of rotatable bonds is 16. The Bertz CT molecular complexity index is 1940. The van der Waals surface area contributed by atoms with Crippen molar-refractivity contribution in [2.24, 2.45) is 0 Å². The van der Waals surface area contributed by atoms with Crippen molar-refractivity contribution in [2.45, 2.75) is 71.1 Å². The number of nitrogens with zero attached hydrogens (tertiary/aromatic N) is 4. The summed E-state index contributed by atoms with van der Waals surface area (Å²) in [5, 5.41) is 33.2. The van der Waals surface area contributed by atoms with Crippen molar-refractivity contribution in [3.8, 4) is 11.5 Å². The molecule has 0 aliphatic rings. The van der Waals surface area contributed by atoms with Gasteiger partial charge in [-0.2, -0.15) is 0 Å². The molecule has 11 nitrogen and oxygen atoms in total. The van der Waals surface area contributed by atoms with E-state index in [4.69, 9.17) is 4.74 Å². The van der Waals surface area contributed by atoms with Crippen LogP contribution in [0.4, 0.5) is 16.2 Å². The van der Waals surface area contributed by atoms with Crippen molar-refractivity contribution >= 4 is 51.1 Å². The van der Waals surface area contributed by atoms with Crippen LogP contribution in [0.25, 0.3) is 21.8 Å². The van der Waals surface area contributed by atoms with Crippen LogP contribution in [0.5, 0.6) is 11.5 Å². The number of carbonyl (C=O) groups is 3. The number of nitrogens with one attached hydrogen (secondary N) is 1. The van der Waals surface area contributed by atoms with Gasteiger partial charge in [-0.1, -0.05) is 99.8 Å². The fourth-order valence-corrected chi connectivity index (χ4v) is 6.00. The van der Waals surface area contributed by atoms with Crippen LogP contribution in [0.15, 0.2) is 72.8 Å². The van der Waals surface area contributed by atoms with E-state index in [1.165, 1.54) is 69.9 Å². The largest absolute Gasteiger partial charge is 0.506 e. The number of unbranched alkanes of at least 4 members (excludes halogenated alkanes) is 9. The number of amides is 2. The van der Waals surface area contributed by atoms with E-state index in [9.17, 15) is 24.6 Å². The van der Waals surface area contributed by atoms with Crippen LogP contribution in [0.3, 0.4) is 0 Å². The number of para-hydroxylation sites is 2. The highest BCUT2D eigenvalue weighted by molar-refractivity contribution is 6.13. The van der Waals surface area contributed by atoms with Crippen LogP contribution in [-0.4, -0.2) is 56.8 Å². The van der Waals surface area contributed by atoms with E-state index in [0.717, 1.165) is 30.5 Å². The third kappa shape index (κ3) is 8.35. The minimum atomic E-state index is -1.10. The van der Waals surface area contributed by atoms with Crippen molar-refractivity contribution in [3.05, 3.63) is 83.9 Å². The third-order valence-electron chi connectivity index (χ3n) is 8.67. The normalized spacial score (nSPS) is 11.1. The van der Waals surface area contributed by atoms with Gasteiger partial charge in [0.15, 0.2) is 0 Å². The maximum Gasteiger partial charge on any atom is 0.366 e. The summed E-state index contributed by atoms with van der Waals surface area (Å²) >= 11 is 0. The zero-order valence-electron chi connectivity index (χ0n) is 28.0. The van der Waals surface area contributed by atoms with Gasteiger partial charge in [-0.3, -0.25) is 9.69 Å². The number of carbonyl (C=O) groups excluding carboxylic acids is 2. The predicted octanol–water partition coefficient (Wildman–Crippen LogP) is 8.64. The summed E-state index contributed by atoms with van der Waals surface area (Å²) in [6.07, 6.45) is 11.4. The van der Waals surface area contributed by atoms with E-state index in [2.05, 4.69) is 22.4 Å². The predicted molar refractivity (Wildman–Crippen MR) is 191 cm³/mol. The molecule has 11 heteroatoms. The Morgan fingerprint density at radius 3 is 2.20 bits per heavy atom. The summed E-state index contributed by atoms with van der Waals surface area (Å²) in [4.78, 5) is 41.5. The average Bonchev–Trinajstić information content (AvgIpc) is 3.54. The molecule has 0 aliphatic heterocycles. The van der Waals surface area contributed by atoms with E-state index in [0.29, 0.717) is 40.0 Å². The summed E-state index contributed by atoms with van der Waals surface area (Å²) in [5.41, 5.74) is 1.78. The Kier molecular flexibility index (Phi) is 11.8. The second kappa shape index (κ2) is 16.6. The van der Waals surface area contributed by atoms with Crippen LogP contribution in [0.1, 0.15) is 91.8 Å². The number of carboxylic acids is 1. The molecule has 0 saturated heterocycles. The lowest BCUT2D eigenvalue weighted by Crippen LogP contribution is -2.37. The molecular weight excluding hydrogens is 622 g/mol. The number of carboxylic acid groups (broad SMARTS) is 1. The molecule has 2 amide bonds. The molecule has 0 radical (unpaired) electrons. The Morgan fingerprint density at radius 1 is 0.796 bits per heavy atom. The second-order valence-corrected chi connectivity index (χ2v) is 12.1. The minimum Gasteiger partial charge on any atom is -0.506 e. The summed E-state index contributed by atoms with van der Waals surface area (Å²) in [5.74, 6) is -1.35. The summed E-state index contributed by atoms with van der Waals surface area (Å²) in [6.45, 7) is 2.58. The first-order chi connectivity index (χ1) is 23.8. The van der Waals surface area contributed by atoms with Crippen molar-refractivity contribution < 1.29 is 29.3 Å². The van der Waals surface area contributed by atoms with Gasteiger partial charge < -0.3 is 20.3 Å². The molecule has 49 heavy (non-hydrogen) atoms. The number of ether oxygens (including phenoxy) is 1. The smallest absolute Gasteiger partial charge is 0.366 e. The van der Waals surface area contributed by atoms with Gasteiger partial charge in [-0.05, 0) is 48.9 Å². The van der Waals surface area contributed by atoms with Crippen LogP contribution >= 0.6 is 0 Å². The Balaban J connectivity index is 1.41. The van der Waals surface area contributed by atoms with Gasteiger partial charge >= 0.3 is 12.0 Å². The molecular formula is C38H43N5O6. The van der Waals surface area contributed by atoms with E-state index in [-0.39, 0.29) is 22.4 Å². The van der Waals surface area contributed by atoms with Gasteiger partial charge in [0, 0.05) is 17.3 Å². The summed E-state index contributed by atoms with van der Waals surface area (Å²) in [7, 11) is 1.51. The molecule has 0 saturated carbocycles. The molecule has 0 bridgehead atoms. The van der Waals surface area contributed by atoms with Crippen LogP contribution in [0, 0.1) is 0 Å². The van der Waals surface area contributed by atoms with Crippen molar-refractivity contribution in [2.75, 3.05) is 23.9 Å². The zero-order valence-corrected chi connectivity index (χ0v) is 28.0. The summed E-state index contributed by atoms with van der Waals surface area (Å²) in [6, 6.07) is 19.3. The lowest BCUT2D eigenvalue weighted by Gasteiger charge is -2.24. The molecule has 4 aromatic carbocycles. The molecule has 1 aromatic heterocycles. The first-order valence-corrected chi connectivity index (χ1v) is 16.9. The number of anilines is 2. The maximum atomic E-state index is 14.1. The number of benzene rings is 4. The molecule has 0 unspecified atom stereocenters. The van der Waals surface area contributed by atoms with Gasteiger partial charge in [0.25, 0.3) is 5.91 Å². The number of aromatic carboxylic acids is 1. The molecule has 0 aliphatic carbocycles. The number of hydrogen-bond donors (Lipinski definition) is 3. The first kappa shape index (κ1) is 34.9. The highest BCUT2D eigenvalue weighted by Crippen LogP contribution is 2.36. The second-order valence-electron chi connectivity index (χ2n) is 12.1. The van der Waals surface area contributed by atoms with Gasteiger partial charge in [-0.15, -0.1) is 10.2 Å². The van der Waals surface area contributed by atoms with E-state index in [1.54, 1.807) is 53.4 Å². The third-order valence-corrected chi connectivity index (χ3v) is 8.67. The fourth-order valence-electron chi connectivity index (χ4n) is 6.00. The lowest BCUT2D eigenvalue weighted by molar-refractivity contribution is 0.0696. The van der Waals surface area contributed by atoms with Gasteiger partial charge in [0.2, 0.25) is 0 Å². The SMILES string of the molecule is CCCCCCCCCCCCN(C(=O)n1nc2ccc(C(=O)O)cc2n1)c1cccc2c(O)c(C(=O)Nc3ccccc3OC)ccc12. The van der Waals surface area contributed by atoms with Gasteiger partial charge in [0.05, 0.1) is 29.6 Å². The number of fused-ring (bicyclic) bond motifs is 2. The van der Waals surface area contributed by atoms with Gasteiger partial charge in [-0.25, -0.2) is 9.59 Å². The average molecular weight is 666 g/mol. The maximum absolute atomic E-state index is 14.1. The molecule has 5 aromatic rings. The van der Waals surface area contributed by atoms with E-state index >= 15 is 0 Å². The molecule has 5 rings (SSSR count). The zero-order chi connectivity index (χ0) is 34.8. The van der Waals surface area contributed by atoms with E-state index in [1.807, 2.05) is 0 Å². The quantitative estimate of drug-likeness (QED) is 0.0888. The van der Waals surface area contributed by atoms with E-state index < -0.39 is 17.9 Å². The summed E-state index contributed by atoms with van der Waals surface area (Å²) < 4.78 is 5.34. The number of phenols is 1. The molecule has 3 N–H and O–H groups in total. The number of aromatic nitrogens is 3. The first-order valence-electron chi connectivity index (χ1n) is 16.9. The highest BCUT2D eigenvalue weighted by Gasteiger charge is 2.24.